The van der Waals surface area contributed by atoms with Crippen molar-refractivity contribution in [2.45, 2.75) is 36.0 Å². The molecule has 0 aromatic carbocycles. The summed E-state index contributed by atoms with van der Waals surface area (Å²) in [6.45, 7) is 3.47. The van der Waals surface area contributed by atoms with Gasteiger partial charge in [0.05, 0.1) is 11.8 Å². The second kappa shape index (κ2) is 5.66. The van der Waals surface area contributed by atoms with Crippen molar-refractivity contribution in [1.82, 2.24) is 4.98 Å². The van der Waals surface area contributed by atoms with Crippen molar-refractivity contribution < 1.29 is 9.84 Å². The zero-order valence-electron chi connectivity index (χ0n) is 9.43. The lowest BCUT2D eigenvalue weighted by molar-refractivity contribution is 0.100. The third kappa shape index (κ3) is 3.20. The van der Waals surface area contributed by atoms with Gasteiger partial charge in [-0.15, -0.1) is 11.8 Å². The van der Waals surface area contributed by atoms with Crippen LogP contribution in [0.15, 0.2) is 23.2 Å². The van der Waals surface area contributed by atoms with Crippen molar-refractivity contribution in [2.75, 3.05) is 13.2 Å². The molecule has 1 aliphatic heterocycles. The molecule has 1 aromatic heterocycles. The van der Waals surface area contributed by atoms with Crippen molar-refractivity contribution in [3.63, 3.8) is 0 Å². The zero-order valence-corrected chi connectivity index (χ0v) is 10.2. The van der Waals surface area contributed by atoms with Crippen molar-refractivity contribution >= 4 is 11.8 Å². The first kappa shape index (κ1) is 11.9. The van der Waals surface area contributed by atoms with E-state index in [2.05, 4.69) is 4.98 Å². The van der Waals surface area contributed by atoms with E-state index in [1.807, 2.05) is 30.1 Å². The van der Waals surface area contributed by atoms with Gasteiger partial charge in [0.2, 0.25) is 0 Å². The number of thioether (sulfide) groups is 1. The van der Waals surface area contributed by atoms with E-state index >= 15 is 0 Å². The molecule has 0 bridgehead atoms. The molecule has 4 heteroatoms. The predicted octanol–water partition coefficient (Wildman–Crippen LogP) is 2.41. The van der Waals surface area contributed by atoms with Crippen LogP contribution < -0.4 is 0 Å². The highest BCUT2D eigenvalue weighted by Gasteiger charge is 2.15. The van der Waals surface area contributed by atoms with Crippen LogP contribution >= 0.6 is 11.8 Å². The van der Waals surface area contributed by atoms with E-state index in [1.54, 1.807) is 6.92 Å². The number of aliphatic hydroxyl groups excluding tert-OH is 1. The van der Waals surface area contributed by atoms with Crippen LogP contribution in [-0.4, -0.2) is 28.6 Å². The number of ether oxygens (including phenoxy) is 1. The molecular formula is C12H17NO2S. The highest BCUT2D eigenvalue weighted by atomic mass is 32.2. The molecule has 1 aromatic rings. The number of hydrogen-bond acceptors (Lipinski definition) is 4. The second-order valence-corrected chi connectivity index (χ2v) is 5.40. The molecule has 2 heterocycles. The van der Waals surface area contributed by atoms with Crippen molar-refractivity contribution in [3.8, 4) is 0 Å². The molecule has 2 rings (SSSR count). The molecule has 1 saturated heterocycles. The van der Waals surface area contributed by atoms with Gasteiger partial charge in [0, 0.05) is 29.6 Å². The molecule has 0 aliphatic carbocycles. The highest BCUT2D eigenvalue weighted by molar-refractivity contribution is 8.00. The Hall–Kier alpha value is -0.580. The van der Waals surface area contributed by atoms with Gasteiger partial charge in [-0.1, -0.05) is 0 Å². The molecule has 1 atom stereocenters. The lowest BCUT2D eigenvalue weighted by Crippen LogP contribution is -2.17. The maximum absolute atomic E-state index is 9.35. The molecule has 16 heavy (non-hydrogen) atoms. The summed E-state index contributed by atoms with van der Waals surface area (Å²) in [5.74, 6) is 0. The summed E-state index contributed by atoms with van der Waals surface area (Å²) in [6, 6.07) is 3.93. The number of rotatable bonds is 3. The molecule has 1 aliphatic rings. The Balaban J connectivity index is 1.93. The van der Waals surface area contributed by atoms with E-state index in [0.29, 0.717) is 5.25 Å². The average molecular weight is 239 g/mol. The van der Waals surface area contributed by atoms with Crippen molar-refractivity contribution in [3.05, 3.63) is 24.0 Å². The quantitative estimate of drug-likeness (QED) is 0.879. The van der Waals surface area contributed by atoms with Crippen LogP contribution in [0.1, 0.15) is 31.6 Å². The van der Waals surface area contributed by atoms with Crippen LogP contribution in [0.5, 0.6) is 0 Å². The fourth-order valence-corrected chi connectivity index (χ4v) is 2.77. The van der Waals surface area contributed by atoms with Crippen LogP contribution in [0.3, 0.4) is 0 Å². The van der Waals surface area contributed by atoms with E-state index in [9.17, 15) is 5.11 Å². The summed E-state index contributed by atoms with van der Waals surface area (Å²) in [5, 5.41) is 10.00. The summed E-state index contributed by atoms with van der Waals surface area (Å²) in [6.07, 6.45) is 3.59. The van der Waals surface area contributed by atoms with Gasteiger partial charge in [0.1, 0.15) is 0 Å². The number of hydrogen-bond donors (Lipinski definition) is 1. The van der Waals surface area contributed by atoms with Crippen LogP contribution in [0.2, 0.25) is 0 Å². The number of pyridine rings is 1. The topological polar surface area (TPSA) is 42.4 Å². The molecule has 3 nitrogen and oxygen atoms in total. The molecule has 1 fully saturated rings. The largest absolute Gasteiger partial charge is 0.387 e. The van der Waals surface area contributed by atoms with Crippen LogP contribution in [0.4, 0.5) is 0 Å². The predicted molar refractivity (Wildman–Crippen MR) is 64.6 cm³/mol. The van der Waals surface area contributed by atoms with E-state index in [0.717, 1.165) is 31.7 Å². The minimum Gasteiger partial charge on any atom is -0.387 e. The van der Waals surface area contributed by atoms with Crippen molar-refractivity contribution in [2.24, 2.45) is 0 Å². The molecule has 88 valence electrons. The Morgan fingerprint density at radius 3 is 2.75 bits per heavy atom. The van der Waals surface area contributed by atoms with Gasteiger partial charge in [-0.25, -0.2) is 0 Å². The van der Waals surface area contributed by atoms with Crippen LogP contribution in [-0.2, 0) is 4.74 Å². The lowest BCUT2D eigenvalue weighted by Gasteiger charge is -2.21. The molecule has 1 N–H and O–H groups in total. The molecule has 0 amide bonds. The molecule has 0 unspecified atom stereocenters. The van der Waals surface area contributed by atoms with Gasteiger partial charge >= 0.3 is 0 Å². The first-order valence-electron chi connectivity index (χ1n) is 5.64. The van der Waals surface area contributed by atoms with Gasteiger partial charge in [-0.3, -0.25) is 4.98 Å². The van der Waals surface area contributed by atoms with Crippen LogP contribution in [0, 0.1) is 0 Å². The minimum atomic E-state index is -0.484. The summed E-state index contributed by atoms with van der Waals surface area (Å²) in [7, 11) is 0. The van der Waals surface area contributed by atoms with E-state index < -0.39 is 6.10 Å². The van der Waals surface area contributed by atoms with Gasteiger partial charge in [-0.2, -0.15) is 0 Å². The Morgan fingerprint density at radius 1 is 1.44 bits per heavy atom. The smallest absolute Gasteiger partial charge is 0.0931 e. The first-order valence-corrected chi connectivity index (χ1v) is 6.52. The third-order valence-electron chi connectivity index (χ3n) is 2.66. The maximum atomic E-state index is 9.35. The fraction of sp³-hybridized carbons (Fsp3) is 0.583. The van der Waals surface area contributed by atoms with E-state index in [4.69, 9.17) is 4.74 Å². The van der Waals surface area contributed by atoms with Gasteiger partial charge in [-0.05, 0) is 31.9 Å². The zero-order chi connectivity index (χ0) is 11.4. The van der Waals surface area contributed by atoms with Gasteiger partial charge < -0.3 is 9.84 Å². The second-order valence-electron chi connectivity index (χ2n) is 4.02. The molecule has 0 saturated carbocycles. The summed E-state index contributed by atoms with van der Waals surface area (Å²) in [4.78, 5) is 5.42. The summed E-state index contributed by atoms with van der Waals surface area (Å²) in [5.41, 5.74) is 0.733. The first-order chi connectivity index (χ1) is 7.75. The Kier molecular flexibility index (Phi) is 4.21. The van der Waals surface area contributed by atoms with Crippen molar-refractivity contribution in [1.29, 1.82) is 0 Å². The highest BCUT2D eigenvalue weighted by Crippen LogP contribution is 2.29. The Morgan fingerprint density at radius 2 is 2.19 bits per heavy atom. The van der Waals surface area contributed by atoms with Gasteiger partial charge in [0.15, 0.2) is 0 Å². The third-order valence-corrected chi connectivity index (χ3v) is 3.98. The van der Waals surface area contributed by atoms with Gasteiger partial charge in [0.25, 0.3) is 0 Å². The van der Waals surface area contributed by atoms with E-state index in [-0.39, 0.29) is 0 Å². The minimum absolute atomic E-state index is 0.484. The number of aromatic nitrogens is 1. The number of nitrogens with zero attached hydrogens (tertiary/aromatic N) is 1. The molecular weight excluding hydrogens is 222 g/mol. The maximum Gasteiger partial charge on any atom is 0.0931 e. The fourth-order valence-electron chi connectivity index (χ4n) is 1.69. The number of aliphatic hydroxyl groups is 1. The lowest BCUT2D eigenvalue weighted by atomic mass is 10.2. The Bertz CT molecular complexity index is 320. The Labute approximate surface area is 100 Å². The summed E-state index contributed by atoms with van der Waals surface area (Å²) >= 11 is 1.86. The van der Waals surface area contributed by atoms with Crippen LogP contribution in [0.25, 0.3) is 0 Å². The average Bonchev–Trinajstić information content (AvgIpc) is 2.31. The summed E-state index contributed by atoms with van der Waals surface area (Å²) < 4.78 is 5.33. The molecule has 0 radical (unpaired) electrons. The monoisotopic (exact) mass is 239 g/mol. The molecule has 0 spiro atoms. The standard InChI is InChI=1S/C12H17NO2S/c1-9(14)12-3-2-11(8-13-12)16-10-4-6-15-7-5-10/h2-3,8-10,14H,4-7H2,1H3/t9-/m0/s1. The normalized spacial score (nSPS) is 19.6. The van der Waals surface area contributed by atoms with E-state index in [1.165, 1.54) is 4.90 Å². The SMILES string of the molecule is C[C@H](O)c1ccc(SC2CCOCC2)cn1.